The number of nitrogen functional groups attached to an aromatic ring is 1. The van der Waals surface area contributed by atoms with Crippen LogP contribution in [0.4, 0.5) is 8.78 Å². The molecule has 104 valence electrons. The van der Waals surface area contributed by atoms with E-state index in [-0.39, 0.29) is 10.7 Å². The molecule has 2 aromatic rings. The summed E-state index contributed by atoms with van der Waals surface area (Å²) in [4.78, 5) is 4.39. The van der Waals surface area contributed by atoms with E-state index in [4.69, 9.17) is 11.1 Å². The van der Waals surface area contributed by atoms with E-state index in [1.165, 1.54) is 0 Å². The summed E-state index contributed by atoms with van der Waals surface area (Å²) in [7, 11) is 0. The maximum Gasteiger partial charge on any atom is 0.137 e. The number of aromatic nitrogens is 1. The van der Waals surface area contributed by atoms with Crippen LogP contribution in [0, 0.1) is 30.9 Å². The van der Waals surface area contributed by atoms with Crippen LogP contribution in [-0.4, -0.2) is 10.8 Å². The molecule has 3 N–H and O–H groups in total. The van der Waals surface area contributed by atoms with Crippen molar-refractivity contribution in [3.63, 3.8) is 0 Å². The molecule has 1 aromatic heterocycles. The van der Waals surface area contributed by atoms with Crippen LogP contribution in [0.5, 0.6) is 0 Å². The minimum Gasteiger partial charge on any atom is -0.384 e. The van der Waals surface area contributed by atoms with E-state index in [0.717, 1.165) is 41.2 Å². The first-order valence-electron chi connectivity index (χ1n) is 5.84. The Kier molecular flexibility index (Phi) is 4.04. The lowest BCUT2D eigenvalue weighted by molar-refractivity contribution is 0.577. The molecule has 0 bridgehead atoms. The summed E-state index contributed by atoms with van der Waals surface area (Å²) >= 11 is 0.965. The van der Waals surface area contributed by atoms with Crippen LogP contribution in [0.3, 0.4) is 0 Å². The fourth-order valence-electron chi connectivity index (χ4n) is 1.86. The van der Waals surface area contributed by atoms with Gasteiger partial charge in [-0.3, -0.25) is 5.41 Å². The van der Waals surface area contributed by atoms with Gasteiger partial charge >= 0.3 is 0 Å². The molecule has 0 atom stereocenters. The van der Waals surface area contributed by atoms with E-state index in [9.17, 15) is 8.78 Å². The predicted octanol–water partition coefficient (Wildman–Crippen LogP) is 3.41. The maximum absolute atomic E-state index is 13.7. The number of nitrogens with two attached hydrogens (primary N) is 1. The highest BCUT2D eigenvalue weighted by molar-refractivity contribution is 7.99. The minimum atomic E-state index is -0.535. The number of nitrogens with zero attached hydrogens (tertiary/aromatic N) is 1. The minimum absolute atomic E-state index is 0.116. The van der Waals surface area contributed by atoms with Crippen LogP contribution in [0.1, 0.15) is 16.8 Å². The summed E-state index contributed by atoms with van der Waals surface area (Å²) in [6.07, 6.45) is 0. The van der Waals surface area contributed by atoms with Crippen molar-refractivity contribution in [2.24, 2.45) is 5.73 Å². The highest BCUT2D eigenvalue weighted by Crippen LogP contribution is 2.32. The summed E-state index contributed by atoms with van der Waals surface area (Å²) in [5, 5.41) is 8.01. The number of aryl methyl sites for hydroxylation is 2. The summed E-state index contributed by atoms with van der Waals surface area (Å²) < 4.78 is 26.9. The molecule has 1 aromatic carbocycles. The smallest absolute Gasteiger partial charge is 0.137 e. The number of benzene rings is 1. The Bertz CT molecular complexity index is 686. The molecule has 0 saturated heterocycles. The number of nitrogens with one attached hydrogen (secondary N) is 1. The molecule has 0 aliphatic rings. The largest absolute Gasteiger partial charge is 0.384 e. The second-order valence-corrected chi connectivity index (χ2v) is 5.38. The number of amidine groups is 1. The molecule has 0 unspecified atom stereocenters. The van der Waals surface area contributed by atoms with E-state index in [1.54, 1.807) is 19.9 Å². The van der Waals surface area contributed by atoms with E-state index in [2.05, 4.69) is 4.98 Å². The first-order chi connectivity index (χ1) is 9.38. The van der Waals surface area contributed by atoms with E-state index in [1.807, 2.05) is 0 Å². The number of halogens is 2. The fraction of sp³-hybridized carbons (Fsp3) is 0.143. The summed E-state index contributed by atoms with van der Waals surface area (Å²) in [6.45, 7) is 3.60. The van der Waals surface area contributed by atoms with Crippen LogP contribution < -0.4 is 5.73 Å². The number of rotatable bonds is 3. The van der Waals surface area contributed by atoms with Gasteiger partial charge in [0, 0.05) is 5.69 Å². The van der Waals surface area contributed by atoms with Crippen LogP contribution in [-0.2, 0) is 0 Å². The van der Waals surface area contributed by atoms with Gasteiger partial charge in [0.05, 0.1) is 10.5 Å². The second-order valence-electron chi connectivity index (χ2n) is 4.35. The van der Waals surface area contributed by atoms with Crippen molar-refractivity contribution in [3.8, 4) is 0 Å². The fourth-order valence-corrected chi connectivity index (χ4v) is 2.97. The summed E-state index contributed by atoms with van der Waals surface area (Å²) in [5.41, 5.74) is 7.51. The van der Waals surface area contributed by atoms with Crippen LogP contribution in [0.2, 0.25) is 0 Å². The molecule has 0 amide bonds. The Morgan fingerprint density at radius 1 is 1.25 bits per heavy atom. The van der Waals surface area contributed by atoms with Crippen LogP contribution >= 0.6 is 11.8 Å². The first-order valence-corrected chi connectivity index (χ1v) is 6.65. The van der Waals surface area contributed by atoms with Gasteiger partial charge in [-0.05, 0) is 43.7 Å². The zero-order valence-corrected chi connectivity index (χ0v) is 11.8. The van der Waals surface area contributed by atoms with Gasteiger partial charge in [-0.25, -0.2) is 13.8 Å². The third-order valence-electron chi connectivity index (χ3n) is 2.68. The van der Waals surface area contributed by atoms with Crippen molar-refractivity contribution in [2.45, 2.75) is 23.8 Å². The monoisotopic (exact) mass is 293 g/mol. The molecule has 0 spiro atoms. The molecule has 0 aliphatic carbocycles. The van der Waals surface area contributed by atoms with Gasteiger partial charge in [0.25, 0.3) is 0 Å². The zero-order valence-electron chi connectivity index (χ0n) is 11.0. The van der Waals surface area contributed by atoms with Crippen molar-refractivity contribution < 1.29 is 8.78 Å². The molecule has 0 radical (unpaired) electrons. The topological polar surface area (TPSA) is 62.8 Å². The van der Waals surface area contributed by atoms with Gasteiger partial charge in [0.1, 0.15) is 22.5 Å². The average Bonchev–Trinajstić information content (AvgIpc) is 2.32. The van der Waals surface area contributed by atoms with Gasteiger partial charge in [0.15, 0.2) is 0 Å². The second kappa shape index (κ2) is 5.58. The van der Waals surface area contributed by atoms with E-state index in [0.29, 0.717) is 10.6 Å². The highest BCUT2D eigenvalue weighted by Gasteiger charge is 2.15. The summed E-state index contributed by atoms with van der Waals surface area (Å²) in [5.74, 6) is -1.20. The number of pyridine rings is 1. The van der Waals surface area contributed by atoms with Crippen molar-refractivity contribution in [1.29, 1.82) is 5.41 Å². The van der Waals surface area contributed by atoms with Crippen molar-refractivity contribution in [2.75, 3.05) is 0 Å². The van der Waals surface area contributed by atoms with Gasteiger partial charge in [-0.1, -0.05) is 11.8 Å². The quantitative estimate of drug-likeness (QED) is 0.673. The average molecular weight is 293 g/mol. The van der Waals surface area contributed by atoms with Gasteiger partial charge in [-0.2, -0.15) is 0 Å². The maximum atomic E-state index is 13.7. The van der Waals surface area contributed by atoms with Crippen LogP contribution in [0.25, 0.3) is 0 Å². The zero-order chi connectivity index (χ0) is 14.9. The molecule has 1 heterocycles. The molecule has 6 heteroatoms. The van der Waals surface area contributed by atoms with Gasteiger partial charge in [-0.15, -0.1) is 0 Å². The summed E-state index contributed by atoms with van der Waals surface area (Å²) in [6, 6.07) is 5.01. The molecular weight excluding hydrogens is 280 g/mol. The Morgan fingerprint density at radius 3 is 2.60 bits per heavy atom. The third kappa shape index (κ3) is 2.96. The Balaban J connectivity index is 2.53. The van der Waals surface area contributed by atoms with Crippen molar-refractivity contribution in [3.05, 3.63) is 52.7 Å². The highest BCUT2D eigenvalue weighted by atomic mass is 32.2. The first kappa shape index (κ1) is 14.5. The van der Waals surface area contributed by atoms with Crippen LogP contribution in [0.15, 0.2) is 34.2 Å². The molecule has 20 heavy (non-hydrogen) atoms. The van der Waals surface area contributed by atoms with Crippen molar-refractivity contribution >= 4 is 17.6 Å². The number of hydrogen-bond acceptors (Lipinski definition) is 3. The lowest BCUT2D eigenvalue weighted by Gasteiger charge is -2.11. The standard InChI is InChI=1S/C14H13F2N3S/c1-7-5-8(2)19-14(12(7)13(17)18)20-11-6-9(15)3-4-10(11)16/h3-6H,1-2H3,(H3,17,18). The molecule has 0 aliphatic heterocycles. The number of hydrogen-bond donors (Lipinski definition) is 2. The Morgan fingerprint density at radius 2 is 1.95 bits per heavy atom. The predicted molar refractivity (Wildman–Crippen MR) is 75.2 cm³/mol. The lowest BCUT2D eigenvalue weighted by Crippen LogP contribution is -2.15. The SMILES string of the molecule is Cc1cc(C)c(C(=N)N)c(Sc2cc(F)ccc2F)n1. The Hall–Kier alpha value is -1.95. The Labute approximate surface area is 119 Å². The molecule has 2 rings (SSSR count). The molecule has 0 fully saturated rings. The van der Waals surface area contributed by atoms with E-state index >= 15 is 0 Å². The molecule has 3 nitrogen and oxygen atoms in total. The molecular formula is C14H13F2N3S. The lowest BCUT2D eigenvalue weighted by atomic mass is 10.1. The van der Waals surface area contributed by atoms with Gasteiger partial charge < -0.3 is 5.73 Å². The van der Waals surface area contributed by atoms with Crippen molar-refractivity contribution in [1.82, 2.24) is 4.98 Å². The normalized spacial score (nSPS) is 10.6. The molecule has 0 saturated carbocycles. The third-order valence-corrected chi connectivity index (χ3v) is 3.70. The van der Waals surface area contributed by atoms with Gasteiger partial charge in [0.2, 0.25) is 0 Å². The van der Waals surface area contributed by atoms with E-state index < -0.39 is 11.6 Å².